The number of hydrogen-bond acceptors (Lipinski definition) is 6. The van der Waals surface area contributed by atoms with Crippen LogP contribution in [0, 0.1) is 6.92 Å². The van der Waals surface area contributed by atoms with Crippen LogP contribution in [0.2, 0.25) is 5.02 Å². The predicted molar refractivity (Wildman–Crippen MR) is 86.8 cm³/mol. The largest absolute Gasteiger partial charge is 0.465 e. The van der Waals surface area contributed by atoms with Gasteiger partial charge in [0, 0.05) is 6.08 Å². The third kappa shape index (κ3) is 2.96. The number of nitrogens with zero attached hydrogens (tertiary/aromatic N) is 1. The van der Waals surface area contributed by atoms with Crippen LogP contribution in [-0.4, -0.2) is 24.9 Å². The first-order valence-electron chi connectivity index (χ1n) is 6.96. The number of aryl methyl sites for hydroxylation is 1. The van der Waals surface area contributed by atoms with Crippen molar-refractivity contribution in [3.63, 3.8) is 0 Å². The Balaban J connectivity index is 1.95. The molecule has 0 N–H and O–H groups in total. The molecule has 0 saturated heterocycles. The van der Waals surface area contributed by atoms with Gasteiger partial charge in [0.05, 0.1) is 17.7 Å². The molecular weight excluding hydrogens is 334 g/mol. The Bertz CT molecular complexity index is 894. The summed E-state index contributed by atoms with van der Waals surface area (Å²) >= 11 is 6.07. The number of carbonyl (C=O) groups is 2. The van der Waals surface area contributed by atoms with Crippen molar-refractivity contribution in [1.82, 2.24) is 0 Å². The number of halogens is 1. The minimum atomic E-state index is -0.626. The molecule has 122 valence electrons. The van der Waals surface area contributed by atoms with Crippen molar-refractivity contribution in [3.05, 3.63) is 63.7 Å². The molecule has 1 aliphatic rings. The van der Waals surface area contributed by atoms with E-state index in [9.17, 15) is 9.59 Å². The van der Waals surface area contributed by atoms with E-state index in [0.29, 0.717) is 22.1 Å². The van der Waals surface area contributed by atoms with Gasteiger partial charge in [0.15, 0.2) is 5.70 Å². The van der Waals surface area contributed by atoms with Gasteiger partial charge >= 0.3 is 11.9 Å². The van der Waals surface area contributed by atoms with Gasteiger partial charge in [-0.25, -0.2) is 14.6 Å². The van der Waals surface area contributed by atoms with Gasteiger partial charge < -0.3 is 13.9 Å². The molecule has 0 radical (unpaired) electrons. The molecule has 1 aromatic carbocycles. The van der Waals surface area contributed by atoms with Crippen molar-refractivity contribution in [2.24, 2.45) is 4.99 Å². The van der Waals surface area contributed by atoms with Crippen molar-refractivity contribution in [2.75, 3.05) is 7.11 Å². The highest BCUT2D eigenvalue weighted by molar-refractivity contribution is 6.34. The number of benzene rings is 1. The Morgan fingerprint density at radius 2 is 2.08 bits per heavy atom. The minimum Gasteiger partial charge on any atom is -0.465 e. The van der Waals surface area contributed by atoms with Gasteiger partial charge in [0.25, 0.3) is 0 Å². The summed E-state index contributed by atoms with van der Waals surface area (Å²) in [6.07, 6.45) is 1.39. The zero-order valence-electron chi connectivity index (χ0n) is 12.8. The van der Waals surface area contributed by atoms with E-state index in [4.69, 9.17) is 20.8 Å². The van der Waals surface area contributed by atoms with Gasteiger partial charge in [0.2, 0.25) is 5.90 Å². The Hall–Kier alpha value is -2.86. The van der Waals surface area contributed by atoms with Gasteiger partial charge in [-0.1, -0.05) is 23.7 Å². The molecular formula is C17H12ClNO5. The average molecular weight is 346 g/mol. The third-order valence-electron chi connectivity index (χ3n) is 3.35. The lowest BCUT2D eigenvalue weighted by Crippen LogP contribution is -2.05. The lowest BCUT2D eigenvalue weighted by molar-refractivity contribution is -0.129. The van der Waals surface area contributed by atoms with Gasteiger partial charge in [-0.3, -0.25) is 0 Å². The number of esters is 2. The van der Waals surface area contributed by atoms with Crippen LogP contribution in [-0.2, 0) is 14.3 Å². The lowest BCUT2D eigenvalue weighted by atomic mass is 10.2. The predicted octanol–water partition coefficient (Wildman–Crippen LogP) is 3.37. The summed E-state index contributed by atoms with van der Waals surface area (Å²) in [4.78, 5) is 27.7. The van der Waals surface area contributed by atoms with Crippen LogP contribution >= 0.6 is 11.6 Å². The molecule has 0 spiro atoms. The van der Waals surface area contributed by atoms with Crippen LogP contribution < -0.4 is 0 Å². The van der Waals surface area contributed by atoms with Gasteiger partial charge in [-0.2, -0.15) is 0 Å². The summed E-state index contributed by atoms with van der Waals surface area (Å²) in [5.74, 6) is -0.346. The van der Waals surface area contributed by atoms with Gasteiger partial charge in [-0.05, 0) is 25.1 Å². The van der Waals surface area contributed by atoms with E-state index < -0.39 is 11.9 Å². The standard InChI is InChI=1S/C17H12ClNO5/c1-9-12(16(20)22-2)7-10(23-9)8-14-17(21)24-15(19-14)11-5-3-4-6-13(11)18/h3-8H,1-2H3. The minimum absolute atomic E-state index is 0.0510. The first kappa shape index (κ1) is 16.0. The molecule has 3 rings (SSSR count). The second-order valence-electron chi connectivity index (χ2n) is 4.93. The van der Waals surface area contributed by atoms with Crippen LogP contribution in [0.3, 0.4) is 0 Å². The number of furan rings is 1. The van der Waals surface area contributed by atoms with Crippen molar-refractivity contribution in [3.8, 4) is 0 Å². The number of carbonyl (C=O) groups excluding carboxylic acids is 2. The molecule has 1 aliphatic heterocycles. The van der Waals surface area contributed by atoms with Crippen molar-refractivity contribution < 1.29 is 23.5 Å². The van der Waals surface area contributed by atoms with Crippen LogP contribution in [0.4, 0.5) is 0 Å². The van der Waals surface area contributed by atoms with E-state index in [0.717, 1.165) is 0 Å². The second kappa shape index (κ2) is 6.33. The molecule has 6 nitrogen and oxygen atoms in total. The smallest absolute Gasteiger partial charge is 0.363 e. The molecule has 0 unspecified atom stereocenters. The fraction of sp³-hybridized carbons (Fsp3) is 0.118. The quantitative estimate of drug-likeness (QED) is 0.629. The van der Waals surface area contributed by atoms with E-state index >= 15 is 0 Å². The average Bonchev–Trinajstić information content (AvgIpc) is 3.10. The number of cyclic esters (lactones) is 1. The van der Waals surface area contributed by atoms with Crippen molar-refractivity contribution in [1.29, 1.82) is 0 Å². The summed E-state index contributed by atoms with van der Waals surface area (Å²) in [7, 11) is 1.28. The molecule has 1 aromatic heterocycles. The molecule has 0 amide bonds. The van der Waals surface area contributed by atoms with Gasteiger partial charge in [0.1, 0.15) is 17.1 Å². The summed E-state index contributed by atoms with van der Waals surface area (Å²) in [6.45, 7) is 1.62. The normalized spacial score (nSPS) is 15.4. The van der Waals surface area contributed by atoms with Crippen molar-refractivity contribution >= 4 is 35.5 Å². The second-order valence-corrected chi connectivity index (χ2v) is 5.33. The maximum absolute atomic E-state index is 12.0. The highest BCUT2D eigenvalue weighted by Crippen LogP contribution is 2.25. The molecule has 7 heteroatoms. The first-order valence-corrected chi connectivity index (χ1v) is 7.33. The molecule has 0 aliphatic carbocycles. The lowest BCUT2D eigenvalue weighted by Gasteiger charge is -2.00. The van der Waals surface area contributed by atoms with Gasteiger partial charge in [-0.15, -0.1) is 0 Å². The summed E-state index contributed by atoms with van der Waals surface area (Å²) in [5, 5.41) is 0.423. The first-order chi connectivity index (χ1) is 11.5. The number of aliphatic imine (C=N–C) groups is 1. The van der Waals surface area contributed by atoms with Crippen LogP contribution in [0.5, 0.6) is 0 Å². The Morgan fingerprint density at radius 3 is 2.79 bits per heavy atom. The van der Waals surface area contributed by atoms with E-state index in [1.54, 1.807) is 31.2 Å². The summed E-state index contributed by atoms with van der Waals surface area (Å²) in [5.41, 5.74) is 0.850. The number of rotatable bonds is 3. The Morgan fingerprint density at radius 1 is 1.33 bits per heavy atom. The zero-order valence-corrected chi connectivity index (χ0v) is 13.6. The molecule has 0 saturated carbocycles. The fourth-order valence-corrected chi connectivity index (χ4v) is 2.40. The third-order valence-corrected chi connectivity index (χ3v) is 3.68. The van der Waals surface area contributed by atoms with E-state index in [1.165, 1.54) is 19.3 Å². The fourth-order valence-electron chi connectivity index (χ4n) is 2.18. The van der Waals surface area contributed by atoms with Crippen molar-refractivity contribution in [2.45, 2.75) is 6.92 Å². The topological polar surface area (TPSA) is 78.1 Å². The maximum atomic E-state index is 12.0. The van der Waals surface area contributed by atoms with E-state index in [2.05, 4.69) is 9.73 Å². The number of ether oxygens (including phenoxy) is 2. The van der Waals surface area contributed by atoms with E-state index in [1.807, 2.05) is 0 Å². The van der Waals surface area contributed by atoms with Crippen LogP contribution in [0.25, 0.3) is 6.08 Å². The Kier molecular flexibility index (Phi) is 4.22. The monoisotopic (exact) mass is 345 g/mol. The van der Waals surface area contributed by atoms with Crippen LogP contribution in [0.1, 0.15) is 27.4 Å². The highest BCUT2D eigenvalue weighted by Gasteiger charge is 2.26. The SMILES string of the molecule is COC(=O)c1cc(C=C2N=C(c3ccccc3Cl)OC2=O)oc1C. The summed E-state index contributed by atoms with van der Waals surface area (Å²) < 4.78 is 15.2. The van der Waals surface area contributed by atoms with Crippen LogP contribution in [0.15, 0.2) is 45.4 Å². The highest BCUT2D eigenvalue weighted by atomic mass is 35.5. The maximum Gasteiger partial charge on any atom is 0.363 e. The molecule has 0 atom stereocenters. The van der Waals surface area contributed by atoms with E-state index in [-0.39, 0.29) is 17.2 Å². The molecule has 2 aromatic rings. The summed E-state index contributed by atoms with van der Waals surface area (Å²) in [6, 6.07) is 8.37. The Labute approximate surface area is 142 Å². The molecule has 2 heterocycles. The molecule has 0 bridgehead atoms. The molecule has 24 heavy (non-hydrogen) atoms. The number of methoxy groups -OCH3 is 1. The zero-order chi connectivity index (χ0) is 17.3. The molecule has 0 fully saturated rings. The number of hydrogen-bond donors (Lipinski definition) is 0.